The average molecular weight is 463 g/mol. The van der Waals surface area contributed by atoms with Gasteiger partial charge in [0.15, 0.2) is 0 Å². The molecule has 1 aliphatic rings. The van der Waals surface area contributed by atoms with Gasteiger partial charge in [-0.1, -0.05) is 36.4 Å². The molecule has 2 N–H and O–H groups in total. The molecule has 0 amide bonds. The van der Waals surface area contributed by atoms with Gasteiger partial charge in [-0.15, -0.1) is 0 Å². The van der Waals surface area contributed by atoms with Gasteiger partial charge >= 0.3 is 5.97 Å². The Morgan fingerprint density at radius 2 is 1.94 bits per heavy atom. The van der Waals surface area contributed by atoms with Crippen LogP contribution in [0.5, 0.6) is 5.75 Å². The van der Waals surface area contributed by atoms with E-state index in [4.69, 9.17) is 9.47 Å². The number of nitriles is 1. The molecule has 0 bridgehead atoms. The predicted octanol–water partition coefficient (Wildman–Crippen LogP) is 4.05. The van der Waals surface area contributed by atoms with Gasteiger partial charge in [0.1, 0.15) is 24.5 Å². The molecule has 0 aromatic heterocycles. The molecule has 0 saturated carbocycles. The monoisotopic (exact) mass is 462 g/mol. The van der Waals surface area contributed by atoms with E-state index in [0.717, 1.165) is 19.3 Å². The predicted molar refractivity (Wildman–Crippen MR) is 132 cm³/mol. The second kappa shape index (κ2) is 11.8. The van der Waals surface area contributed by atoms with Crippen LogP contribution in [0, 0.1) is 17.2 Å². The minimum absolute atomic E-state index is 0.0247. The first-order chi connectivity index (χ1) is 16.3. The molecule has 2 aromatic carbocycles. The van der Waals surface area contributed by atoms with Crippen molar-refractivity contribution in [3.8, 4) is 11.8 Å². The molecule has 0 unspecified atom stereocenters. The van der Waals surface area contributed by atoms with E-state index >= 15 is 0 Å². The van der Waals surface area contributed by atoms with E-state index in [9.17, 15) is 15.2 Å². The first-order valence-corrected chi connectivity index (χ1v) is 11.8. The summed E-state index contributed by atoms with van der Waals surface area (Å²) in [6, 6.07) is 15.8. The van der Waals surface area contributed by atoms with Crippen molar-refractivity contribution in [2.45, 2.75) is 51.7 Å². The molecule has 0 spiro atoms. The quantitative estimate of drug-likeness (QED) is 0.387. The van der Waals surface area contributed by atoms with Crippen LogP contribution in [-0.2, 0) is 22.4 Å². The van der Waals surface area contributed by atoms with Gasteiger partial charge in [0.05, 0.1) is 12.2 Å². The number of carbonyl (C=O) groups excluding carboxylic acids is 1. The lowest BCUT2D eigenvalue weighted by Crippen LogP contribution is -2.46. The Labute approximate surface area is 202 Å². The molecule has 0 saturated heterocycles. The van der Waals surface area contributed by atoms with Gasteiger partial charge in [-0.25, -0.2) is 4.79 Å². The van der Waals surface area contributed by atoms with Gasteiger partial charge in [0.2, 0.25) is 0 Å². The highest BCUT2D eigenvalue weighted by molar-refractivity contribution is 5.87. The second-order valence-electron chi connectivity index (χ2n) is 9.40. The van der Waals surface area contributed by atoms with E-state index in [1.165, 1.54) is 17.2 Å². The van der Waals surface area contributed by atoms with Crippen molar-refractivity contribution in [2.75, 3.05) is 19.8 Å². The normalized spacial score (nSPS) is 14.6. The number of β-amino-alcohol motifs (C(OH)–C–C–N with tert-alkyl or cyclic N) is 1. The Morgan fingerprint density at radius 1 is 1.24 bits per heavy atom. The third-order valence-electron chi connectivity index (χ3n) is 6.02. The van der Waals surface area contributed by atoms with E-state index in [-0.39, 0.29) is 18.8 Å². The fraction of sp³-hybridized carbons (Fsp3) is 0.429. The molecule has 0 heterocycles. The molecule has 3 rings (SSSR count). The average Bonchev–Trinajstić information content (AvgIpc) is 3.21. The number of benzene rings is 2. The highest BCUT2D eigenvalue weighted by Gasteiger charge is 2.28. The number of esters is 1. The van der Waals surface area contributed by atoms with Crippen molar-refractivity contribution < 1.29 is 19.4 Å². The van der Waals surface area contributed by atoms with Gasteiger partial charge in [-0.05, 0) is 69.2 Å². The largest absolute Gasteiger partial charge is 0.489 e. The number of aliphatic hydroxyl groups excluding tert-OH is 1. The number of nitrogens with zero attached hydrogens (tertiary/aromatic N) is 1. The molecule has 180 valence electrons. The molecule has 1 atom stereocenters. The van der Waals surface area contributed by atoms with Crippen molar-refractivity contribution in [2.24, 2.45) is 5.92 Å². The number of rotatable bonds is 11. The smallest absolute Gasteiger partial charge is 0.330 e. The van der Waals surface area contributed by atoms with Crippen LogP contribution in [0.15, 0.2) is 48.5 Å². The number of carbonyl (C=O) groups is 1. The summed E-state index contributed by atoms with van der Waals surface area (Å²) < 4.78 is 10.7. The number of fused-ring (bicyclic) bond motifs is 1. The maximum atomic E-state index is 11.7. The Hall–Kier alpha value is -3.14. The highest BCUT2D eigenvalue weighted by Crippen LogP contribution is 2.32. The van der Waals surface area contributed by atoms with E-state index in [1.807, 2.05) is 0 Å². The minimum Gasteiger partial charge on any atom is -0.489 e. The van der Waals surface area contributed by atoms with Crippen LogP contribution in [0.3, 0.4) is 0 Å². The molecule has 6 heteroatoms. The Morgan fingerprint density at radius 3 is 2.59 bits per heavy atom. The first kappa shape index (κ1) is 25.5. The zero-order chi connectivity index (χ0) is 24.6. The Kier molecular flexibility index (Phi) is 8.86. The Balaban J connectivity index is 1.53. The summed E-state index contributed by atoms with van der Waals surface area (Å²) in [5.41, 5.74) is 3.67. The van der Waals surface area contributed by atoms with Crippen molar-refractivity contribution in [3.05, 3.63) is 70.8 Å². The van der Waals surface area contributed by atoms with E-state index in [2.05, 4.69) is 49.5 Å². The summed E-state index contributed by atoms with van der Waals surface area (Å²) in [5, 5.41) is 23.5. The highest BCUT2D eigenvalue weighted by atomic mass is 16.5. The number of nitrogens with one attached hydrogen (secondary N) is 1. The lowest BCUT2D eigenvalue weighted by atomic mass is 9.88. The van der Waals surface area contributed by atoms with Crippen LogP contribution in [0.4, 0.5) is 0 Å². The van der Waals surface area contributed by atoms with Crippen molar-refractivity contribution in [1.29, 1.82) is 5.26 Å². The van der Waals surface area contributed by atoms with Crippen LogP contribution < -0.4 is 10.1 Å². The topological polar surface area (TPSA) is 91.6 Å². The molecule has 0 aliphatic heterocycles. The van der Waals surface area contributed by atoms with Crippen LogP contribution in [0.25, 0.3) is 6.08 Å². The van der Waals surface area contributed by atoms with Gasteiger partial charge in [0, 0.05) is 23.7 Å². The lowest BCUT2D eigenvalue weighted by Gasteiger charge is -2.30. The van der Waals surface area contributed by atoms with Crippen LogP contribution in [0.1, 0.15) is 49.4 Å². The standard InChI is InChI=1S/C28H34N2O4/c1-4-33-26(32)13-12-21-10-7-11-24(17-29)27(21)34-19-25(31)18-30-28(2,3)16-20-14-22-8-5-6-9-23(22)15-20/h5-13,20,25,30-31H,4,14-16,18-19H2,1-3H3/t25-/m1/s1. The van der Waals surface area contributed by atoms with E-state index in [1.54, 1.807) is 31.2 Å². The number of hydrogen-bond acceptors (Lipinski definition) is 6. The molecule has 34 heavy (non-hydrogen) atoms. The summed E-state index contributed by atoms with van der Waals surface area (Å²) in [7, 11) is 0. The van der Waals surface area contributed by atoms with E-state index < -0.39 is 12.1 Å². The molecule has 0 fully saturated rings. The first-order valence-electron chi connectivity index (χ1n) is 11.8. The molecular formula is C28H34N2O4. The van der Waals surface area contributed by atoms with Gasteiger partial charge < -0.3 is 19.9 Å². The molecular weight excluding hydrogens is 428 g/mol. The third kappa shape index (κ3) is 7.18. The molecule has 6 nitrogen and oxygen atoms in total. The van der Waals surface area contributed by atoms with Crippen LogP contribution >= 0.6 is 0 Å². The number of ether oxygens (including phenoxy) is 2. The maximum Gasteiger partial charge on any atom is 0.330 e. The zero-order valence-corrected chi connectivity index (χ0v) is 20.2. The number of para-hydroxylation sites is 1. The fourth-order valence-electron chi connectivity index (χ4n) is 4.50. The zero-order valence-electron chi connectivity index (χ0n) is 20.2. The summed E-state index contributed by atoms with van der Waals surface area (Å²) in [6.07, 6.45) is 5.31. The summed E-state index contributed by atoms with van der Waals surface area (Å²) in [6.45, 7) is 6.74. The second-order valence-corrected chi connectivity index (χ2v) is 9.40. The van der Waals surface area contributed by atoms with Crippen molar-refractivity contribution >= 4 is 12.0 Å². The summed E-state index contributed by atoms with van der Waals surface area (Å²) >= 11 is 0. The van der Waals surface area contributed by atoms with Gasteiger partial charge in [0.25, 0.3) is 0 Å². The third-order valence-corrected chi connectivity index (χ3v) is 6.02. The van der Waals surface area contributed by atoms with Crippen LogP contribution in [-0.4, -0.2) is 42.5 Å². The Bertz CT molecular complexity index is 1030. The SMILES string of the molecule is CCOC(=O)C=Cc1cccc(C#N)c1OC[C@H](O)CNC(C)(C)CC1Cc2ccccc2C1. The van der Waals surface area contributed by atoms with Crippen LogP contribution in [0.2, 0.25) is 0 Å². The maximum absolute atomic E-state index is 11.7. The minimum atomic E-state index is -0.756. The molecule has 2 aromatic rings. The van der Waals surface area contributed by atoms with Crippen molar-refractivity contribution in [1.82, 2.24) is 5.32 Å². The lowest BCUT2D eigenvalue weighted by molar-refractivity contribution is -0.137. The molecule has 0 radical (unpaired) electrons. The molecule has 1 aliphatic carbocycles. The van der Waals surface area contributed by atoms with Gasteiger partial charge in [-0.3, -0.25) is 0 Å². The number of hydrogen-bond donors (Lipinski definition) is 2. The summed E-state index contributed by atoms with van der Waals surface area (Å²) in [4.78, 5) is 11.7. The van der Waals surface area contributed by atoms with Crippen molar-refractivity contribution in [3.63, 3.8) is 0 Å². The van der Waals surface area contributed by atoms with Gasteiger partial charge in [-0.2, -0.15) is 5.26 Å². The van der Waals surface area contributed by atoms with E-state index in [0.29, 0.717) is 29.3 Å². The number of aliphatic hydroxyl groups is 1. The summed E-state index contributed by atoms with van der Waals surface area (Å²) in [5.74, 6) is 0.463. The fourth-order valence-corrected chi connectivity index (χ4v) is 4.50.